The monoisotopic (exact) mass is 222 g/mol. The zero-order chi connectivity index (χ0) is 12.1. The first-order valence-electron chi connectivity index (χ1n) is 5.10. The van der Waals surface area contributed by atoms with Crippen molar-refractivity contribution in [1.29, 1.82) is 0 Å². The third-order valence-electron chi connectivity index (χ3n) is 2.15. The lowest BCUT2D eigenvalue weighted by atomic mass is 10.0. The van der Waals surface area contributed by atoms with E-state index in [0.717, 1.165) is 0 Å². The van der Waals surface area contributed by atoms with Crippen LogP contribution in [0.2, 0.25) is 0 Å². The average molecular weight is 222 g/mol. The van der Waals surface area contributed by atoms with Crippen LogP contribution in [0.4, 0.5) is 0 Å². The van der Waals surface area contributed by atoms with Gasteiger partial charge in [0.2, 0.25) is 0 Å². The molecule has 0 unspecified atom stereocenters. The number of carboxylic acids is 2. The minimum Gasteiger partial charge on any atom is -0.478 e. The van der Waals surface area contributed by atoms with Gasteiger partial charge in [-0.2, -0.15) is 0 Å². The minimum atomic E-state index is -1.11. The van der Waals surface area contributed by atoms with E-state index in [1.54, 1.807) is 0 Å². The van der Waals surface area contributed by atoms with Gasteiger partial charge in [0.15, 0.2) is 0 Å². The van der Waals surface area contributed by atoms with E-state index in [1.807, 2.05) is 0 Å². The highest BCUT2D eigenvalue weighted by Gasteiger charge is 2.13. The fraction of sp³-hybridized carbons (Fsp3) is 0.333. The van der Waals surface area contributed by atoms with E-state index >= 15 is 0 Å². The van der Waals surface area contributed by atoms with E-state index in [0.29, 0.717) is 0 Å². The van der Waals surface area contributed by atoms with Crippen molar-refractivity contribution >= 4 is 11.9 Å². The number of carbonyl (C=O) groups is 2. The molecule has 0 atom stereocenters. The van der Waals surface area contributed by atoms with Crippen LogP contribution in [0.5, 0.6) is 0 Å². The Morgan fingerprint density at radius 2 is 1.38 bits per heavy atom. The van der Waals surface area contributed by atoms with Crippen molar-refractivity contribution in [3.8, 4) is 0 Å². The molecule has 0 bridgehead atoms. The molecule has 0 saturated heterocycles. The third kappa shape index (κ3) is 3.38. The largest absolute Gasteiger partial charge is 0.478 e. The van der Waals surface area contributed by atoms with E-state index in [9.17, 15) is 9.59 Å². The maximum Gasteiger partial charge on any atom is 0.335 e. The minimum absolute atomic E-state index is 0.0277. The number of benzene rings is 1. The van der Waals surface area contributed by atoms with Crippen LogP contribution >= 0.6 is 0 Å². The van der Waals surface area contributed by atoms with Gasteiger partial charge in [-0.05, 0) is 24.6 Å². The molecule has 4 nitrogen and oxygen atoms in total. The van der Waals surface area contributed by atoms with Gasteiger partial charge in [0.25, 0.3) is 0 Å². The fourth-order valence-corrected chi connectivity index (χ4v) is 1.10. The summed E-state index contributed by atoms with van der Waals surface area (Å²) in [5.74, 6) is -2.22. The predicted molar refractivity (Wildman–Crippen MR) is 58.9 cm³/mol. The van der Waals surface area contributed by atoms with Crippen molar-refractivity contribution < 1.29 is 19.8 Å². The summed E-state index contributed by atoms with van der Waals surface area (Å²) in [6.45, 7) is 1.48. The molecular weight excluding hydrogens is 208 g/mol. The summed E-state index contributed by atoms with van der Waals surface area (Å²) < 4.78 is 0. The second-order valence-corrected chi connectivity index (χ2v) is 3.65. The molecule has 1 saturated carbocycles. The highest BCUT2D eigenvalue weighted by Crippen LogP contribution is 2.15. The number of hydrogen-bond donors (Lipinski definition) is 2. The maximum absolute atomic E-state index is 10.6. The molecule has 2 rings (SSSR count). The fourth-order valence-electron chi connectivity index (χ4n) is 1.10. The lowest BCUT2D eigenvalue weighted by molar-refractivity contribution is 0.0696. The van der Waals surface area contributed by atoms with Crippen LogP contribution in [0.25, 0.3) is 0 Å². The molecule has 0 spiro atoms. The van der Waals surface area contributed by atoms with Crippen LogP contribution in [-0.4, -0.2) is 22.2 Å². The summed E-state index contributed by atoms with van der Waals surface area (Å²) in [5.41, 5.74) is 0.335. The topological polar surface area (TPSA) is 74.6 Å². The summed E-state index contributed by atoms with van der Waals surface area (Å²) in [6.07, 6.45) is 4.50. The molecule has 4 heteroatoms. The van der Waals surface area contributed by atoms with E-state index in [4.69, 9.17) is 10.2 Å². The van der Waals surface area contributed by atoms with Crippen LogP contribution < -0.4 is 0 Å². The highest BCUT2D eigenvalue weighted by molar-refractivity contribution is 5.96. The van der Waals surface area contributed by atoms with Gasteiger partial charge < -0.3 is 10.2 Å². The van der Waals surface area contributed by atoms with Gasteiger partial charge in [-0.25, -0.2) is 9.59 Å². The SMILES string of the molecule is C1CC1.Cc1c(C(=O)O)cccc1C(=O)O. The summed E-state index contributed by atoms with van der Waals surface area (Å²) in [7, 11) is 0. The Morgan fingerprint density at radius 1 is 1.00 bits per heavy atom. The molecule has 2 N–H and O–H groups in total. The zero-order valence-corrected chi connectivity index (χ0v) is 9.06. The van der Waals surface area contributed by atoms with Gasteiger partial charge in [-0.15, -0.1) is 0 Å². The molecule has 1 fully saturated rings. The first kappa shape index (κ1) is 12.2. The van der Waals surface area contributed by atoms with Crippen molar-refractivity contribution in [3.05, 3.63) is 34.9 Å². The van der Waals surface area contributed by atoms with E-state index in [-0.39, 0.29) is 16.7 Å². The summed E-state index contributed by atoms with van der Waals surface area (Å²) in [6, 6.07) is 4.17. The molecule has 1 aliphatic rings. The van der Waals surface area contributed by atoms with Crippen molar-refractivity contribution in [2.24, 2.45) is 0 Å². The molecule has 1 aliphatic carbocycles. The standard InChI is InChI=1S/C9H8O4.C3H6/c1-5-6(8(10)11)3-2-4-7(5)9(12)13;1-2-3-1/h2-4H,1H3,(H,10,11)(H,12,13);1-3H2. The van der Waals surface area contributed by atoms with Crippen LogP contribution in [-0.2, 0) is 0 Å². The Bertz CT molecular complexity index is 372. The molecule has 0 aromatic heterocycles. The second kappa shape index (κ2) is 5.30. The Balaban J connectivity index is 0.000000365. The third-order valence-corrected chi connectivity index (χ3v) is 2.15. The normalized spacial score (nSPS) is 12.3. The van der Waals surface area contributed by atoms with Gasteiger partial charge in [-0.1, -0.05) is 25.3 Å². The average Bonchev–Trinajstić information content (AvgIpc) is 3.03. The molecule has 86 valence electrons. The van der Waals surface area contributed by atoms with Crippen LogP contribution in [0, 0.1) is 6.92 Å². The molecular formula is C12H14O4. The van der Waals surface area contributed by atoms with Crippen LogP contribution in [0.15, 0.2) is 18.2 Å². The van der Waals surface area contributed by atoms with Crippen molar-refractivity contribution in [2.45, 2.75) is 26.2 Å². The molecule has 16 heavy (non-hydrogen) atoms. The van der Waals surface area contributed by atoms with Crippen molar-refractivity contribution in [3.63, 3.8) is 0 Å². The first-order chi connectivity index (χ1) is 7.54. The lowest BCUT2D eigenvalue weighted by Crippen LogP contribution is -2.06. The van der Waals surface area contributed by atoms with Crippen LogP contribution in [0.1, 0.15) is 45.5 Å². The van der Waals surface area contributed by atoms with Gasteiger partial charge in [-0.3, -0.25) is 0 Å². The van der Waals surface area contributed by atoms with Crippen LogP contribution in [0.3, 0.4) is 0 Å². The summed E-state index contributed by atoms with van der Waals surface area (Å²) >= 11 is 0. The molecule has 1 aromatic rings. The smallest absolute Gasteiger partial charge is 0.335 e. The van der Waals surface area contributed by atoms with Gasteiger partial charge in [0.05, 0.1) is 11.1 Å². The summed E-state index contributed by atoms with van der Waals surface area (Å²) in [5, 5.41) is 17.4. The number of aromatic carboxylic acids is 2. The van der Waals surface area contributed by atoms with Crippen molar-refractivity contribution in [2.75, 3.05) is 0 Å². The molecule has 1 aromatic carbocycles. The second-order valence-electron chi connectivity index (χ2n) is 3.65. The summed E-state index contributed by atoms with van der Waals surface area (Å²) in [4.78, 5) is 21.2. The lowest BCUT2D eigenvalue weighted by Gasteiger charge is -2.03. The zero-order valence-electron chi connectivity index (χ0n) is 9.06. The Labute approximate surface area is 93.5 Å². The number of hydrogen-bond acceptors (Lipinski definition) is 2. The molecule has 0 radical (unpaired) electrons. The first-order valence-corrected chi connectivity index (χ1v) is 5.10. The van der Waals surface area contributed by atoms with Gasteiger partial charge in [0, 0.05) is 0 Å². The van der Waals surface area contributed by atoms with E-state index in [1.165, 1.54) is 44.4 Å². The van der Waals surface area contributed by atoms with Gasteiger partial charge >= 0.3 is 11.9 Å². The number of carboxylic acid groups (broad SMARTS) is 2. The highest BCUT2D eigenvalue weighted by atomic mass is 16.4. The van der Waals surface area contributed by atoms with Crippen molar-refractivity contribution in [1.82, 2.24) is 0 Å². The molecule has 0 heterocycles. The Morgan fingerprint density at radius 3 is 1.62 bits per heavy atom. The molecule has 0 amide bonds. The maximum atomic E-state index is 10.6. The van der Waals surface area contributed by atoms with Gasteiger partial charge in [0.1, 0.15) is 0 Å². The predicted octanol–water partition coefficient (Wildman–Crippen LogP) is 2.56. The molecule has 0 aliphatic heterocycles. The quantitative estimate of drug-likeness (QED) is 0.806. The Hall–Kier alpha value is -1.84. The van der Waals surface area contributed by atoms with E-state index < -0.39 is 11.9 Å². The Kier molecular flexibility index (Phi) is 4.05. The number of rotatable bonds is 2. The van der Waals surface area contributed by atoms with E-state index in [2.05, 4.69) is 0 Å².